The van der Waals surface area contributed by atoms with Crippen LogP contribution in [0.2, 0.25) is 0 Å². The van der Waals surface area contributed by atoms with E-state index in [4.69, 9.17) is 5.73 Å². The van der Waals surface area contributed by atoms with Crippen molar-refractivity contribution >= 4 is 0 Å². The maximum Gasteiger partial charge on any atom is 0.0141 e. The molecule has 0 aromatic carbocycles. The first-order valence-electron chi connectivity index (χ1n) is 4.71. The van der Waals surface area contributed by atoms with Gasteiger partial charge in [0.25, 0.3) is 0 Å². The minimum absolute atomic E-state index is 0.117. The second-order valence-corrected chi connectivity index (χ2v) is 5.29. The molecule has 1 fully saturated rings. The Hall–Kier alpha value is -0.0800. The first kappa shape index (κ1) is 10.0. The van der Waals surface area contributed by atoms with E-state index in [9.17, 15) is 0 Å². The minimum atomic E-state index is 0.117. The highest BCUT2D eigenvalue weighted by molar-refractivity contribution is 5.02. The van der Waals surface area contributed by atoms with E-state index in [1.54, 1.807) is 0 Å². The van der Waals surface area contributed by atoms with Crippen LogP contribution in [0.3, 0.4) is 0 Å². The normalized spacial score (nSPS) is 30.5. The summed E-state index contributed by atoms with van der Waals surface area (Å²) in [6.45, 7) is 8.93. The van der Waals surface area contributed by atoms with Gasteiger partial charge in [-0.15, -0.1) is 6.04 Å². The fourth-order valence-electron chi connectivity index (χ4n) is 2.37. The van der Waals surface area contributed by atoms with E-state index >= 15 is 0 Å². The van der Waals surface area contributed by atoms with Crippen molar-refractivity contribution in [3.63, 3.8) is 0 Å². The predicted octanol–water partition coefficient (Wildman–Crippen LogP) is 2.69. The van der Waals surface area contributed by atoms with Crippen molar-refractivity contribution in [1.82, 2.24) is 4.90 Å². The molecule has 0 amide bonds. The standard InChI is InChI=1S/C10H21N2/c1-9(2)6-8(11)7-10(3,4)12(9)5/h8,11H,6-7H2,1-5H3/q-1. The van der Waals surface area contributed by atoms with Gasteiger partial charge in [0.2, 0.25) is 0 Å². The summed E-state index contributed by atoms with van der Waals surface area (Å²) in [6, 6.07) is 0.117. The summed E-state index contributed by atoms with van der Waals surface area (Å²) >= 11 is 0. The molecule has 0 unspecified atom stereocenters. The highest BCUT2D eigenvalue weighted by atomic mass is 15.2. The molecular weight excluding hydrogens is 148 g/mol. The van der Waals surface area contributed by atoms with Gasteiger partial charge in [-0.3, -0.25) is 4.90 Å². The smallest absolute Gasteiger partial charge is 0.0141 e. The van der Waals surface area contributed by atoms with Gasteiger partial charge in [-0.2, -0.15) is 0 Å². The largest absolute Gasteiger partial charge is 0.675 e. The summed E-state index contributed by atoms with van der Waals surface area (Å²) in [6.07, 6.45) is 1.99. The Morgan fingerprint density at radius 2 is 1.42 bits per heavy atom. The summed E-state index contributed by atoms with van der Waals surface area (Å²) in [4.78, 5) is 2.41. The Balaban J connectivity index is 2.84. The molecule has 2 heteroatoms. The van der Waals surface area contributed by atoms with Crippen LogP contribution in [0.1, 0.15) is 40.5 Å². The molecule has 1 rings (SSSR count). The second-order valence-electron chi connectivity index (χ2n) is 5.29. The summed E-state index contributed by atoms with van der Waals surface area (Å²) < 4.78 is 0. The van der Waals surface area contributed by atoms with Crippen LogP contribution in [0.5, 0.6) is 0 Å². The molecule has 1 saturated heterocycles. The third-order valence-corrected chi connectivity index (χ3v) is 3.31. The topological polar surface area (TPSA) is 27.0 Å². The van der Waals surface area contributed by atoms with Crippen LogP contribution in [0, 0.1) is 0 Å². The van der Waals surface area contributed by atoms with Crippen LogP contribution in [-0.2, 0) is 0 Å². The maximum atomic E-state index is 7.85. The summed E-state index contributed by atoms with van der Waals surface area (Å²) in [5.41, 5.74) is 8.22. The number of piperidine rings is 1. The van der Waals surface area contributed by atoms with Gasteiger partial charge in [0, 0.05) is 11.1 Å². The van der Waals surface area contributed by atoms with Crippen LogP contribution in [0.25, 0.3) is 5.73 Å². The van der Waals surface area contributed by atoms with Crippen molar-refractivity contribution in [3.05, 3.63) is 5.73 Å². The van der Waals surface area contributed by atoms with E-state index in [1.807, 2.05) is 0 Å². The molecule has 0 aliphatic carbocycles. The lowest BCUT2D eigenvalue weighted by molar-refractivity contribution is -0.00470. The van der Waals surface area contributed by atoms with Crippen molar-refractivity contribution in [2.45, 2.75) is 57.7 Å². The van der Waals surface area contributed by atoms with Gasteiger partial charge in [0.1, 0.15) is 0 Å². The van der Waals surface area contributed by atoms with Crippen molar-refractivity contribution in [2.75, 3.05) is 7.05 Å². The number of likely N-dealkylation sites (tertiary alicyclic amines) is 1. The first-order chi connectivity index (χ1) is 5.26. The van der Waals surface area contributed by atoms with E-state index in [2.05, 4.69) is 39.6 Å². The molecule has 72 valence electrons. The molecule has 0 spiro atoms. The molecule has 1 heterocycles. The second kappa shape index (κ2) is 2.71. The van der Waals surface area contributed by atoms with Gasteiger partial charge >= 0.3 is 0 Å². The number of nitrogens with one attached hydrogen (secondary N) is 1. The third-order valence-electron chi connectivity index (χ3n) is 3.31. The van der Waals surface area contributed by atoms with E-state index in [0.29, 0.717) is 0 Å². The lowest BCUT2D eigenvalue weighted by Crippen LogP contribution is -2.59. The summed E-state index contributed by atoms with van der Waals surface area (Å²) in [5, 5.41) is 0. The predicted molar refractivity (Wildman–Crippen MR) is 53.3 cm³/mol. The maximum absolute atomic E-state index is 7.85. The molecule has 0 aromatic heterocycles. The SMILES string of the molecule is CN1C(C)(C)CC([NH-])CC1(C)C. The first-order valence-corrected chi connectivity index (χ1v) is 4.71. The Bertz CT molecular complexity index is 155. The van der Waals surface area contributed by atoms with Crippen LogP contribution < -0.4 is 0 Å². The molecule has 1 N–H and O–H groups in total. The van der Waals surface area contributed by atoms with Gasteiger partial charge in [0.05, 0.1) is 0 Å². The molecule has 0 saturated carbocycles. The Kier molecular flexibility index (Phi) is 2.26. The monoisotopic (exact) mass is 169 g/mol. The summed E-state index contributed by atoms with van der Waals surface area (Å²) in [7, 11) is 2.17. The fourth-order valence-corrected chi connectivity index (χ4v) is 2.37. The van der Waals surface area contributed by atoms with Crippen LogP contribution >= 0.6 is 0 Å². The molecule has 0 radical (unpaired) electrons. The van der Waals surface area contributed by atoms with Gasteiger partial charge in [-0.05, 0) is 34.7 Å². The molecule has 1 aliphatic rings. The highest BCUT2D eigenvalue weighted by Gasteiger charge is 2.39. The lowest BCUT2D eigenvalue weighted by Gasteiger charge is -2.55. The van der Waals surface area contributed by atoms with E-state index in [1.165, 1.54) is 0 Å². The zero-order chi connectivity index (χ0) is 9.57. The van der Waals surface area contributed by atoms with Gasteiger partial charge in [-0.1, -0.05) is 12.8 Å². The molecule has 12 heavy (non-hydrogen) atoms. The van der Waals surface area contributed by atoms with Crippen molar-refractivity contribution in [2.24, 2.45) is 0 Å². The van der Waals surface area contributed by atoms with Gasteiger partial charge < -0.3 is 5.73 Å². The number of rotatable bonds is 0. The Morgan fingerprint density at radius 1 is 1.08 bits per heavy atom. The summed E-state index contributed by atoms with van der Waals surface area (Å²) in [5.74, 6) is 0. The van der Waals surface area contributed by atoms with Crippen LogP contribution in [-0.4, -0.2) is 29.1 Å². The molecule has 0 aromatic rings. The number of nitrogens with zero attached hydrogens (tertiary/aromatic N) is 1. The van der Waals surface area contributed by atoms with E-state index in [-0.39, 0.29) is 17.1 Å². The lowest BCUT2D eigenvalue weighted by atomic mass is 9.78. The molecular formula is C10H21N2-. The van der Waals surface area contributed by atoms with Crippen molar-refractivity contribution in [1.29, 1.82) is 0 Å². The quantitative estimate of drug-likeness (QED) is 0.547. The number of hydrogen-bond donors (Lipinski definition) is 0. The Labute approximate surface area is 76.1 Å². The zero-order valence-electron chi connectivity index (χ0n) is 8.94. The molecule has 0 atom stereocenters. The Morgan fingerprint density at radius 3 is 1.75 bits per heavy atom. The van der Waals surface area contributed by atoms with Crippen molar-refractivity contribution < 1.29 is 0 Å². The molecule has 0 bridgehead atoms. The zero-order valence-corrected chi connectivity index (χ0v) is 8.94. The van der Waals surface area contributed by atoms with E-state index in [0.717, 1.165) is 12.8 Å². The van der Waals surface area contributed by atoms with Crippen molar-refractivity contribution in [3.8, 4) is 0 Å². The van der Waals surface area contributed by atoms with Crippen LogP contribution in [0.15, 0.2) is 0 Å². The average Bonchev–Trinajstić information content (AvgIpc) is 1.80. The van der Waals surface area contributed by atoms with Gasteiger partial charge in [-0.25, -0.2) is 0 Å². The van der Waals surface area contributed by atoms with E-state index < -0.39 is 0 Å². The number of hydrogen-bond acceptors (Lipinski definition) is 1. The fraction of sp³-hybridized carbons (Fsp3) is 1.00. The molecule has 1 aliphatic heterocycles. The van der Waals surface area contributed by atoms with Crippen LogP contribution in [0.4, 0.5) is 0 Å². The third kappa shape index (κ3) is 1.64. The molecule has 2 nitrogen and oxygen atoms in total. The van der Waals surface area contributed by atoms with Gasteiger partial charge in [0.15, 0.2) is 0 Å². The highest BCUT2D eigenvalue weighted by Crippen LogP contribution is 2.37. The average molecular weight is 169 g/mol. The minimum Gasteiger partial charge on any atom is -0.675 e.